The summed E-state index contributed by atoms with van der Waals surface area (Å²) in [5, 5.41) is 9.65. The van der Waals surface area contributed by atoms with Gasteiger partial charge in [-0.3, -0.25) is 14.6 Å². The van der Waals surface area contributed by atoms with Gasteiger partial charge >= 0.3 is 5.97 Å². The lowest BCUT2D eigenvalue weighted by Crippen LogP contribution is -2.44. The highest BCUT2D eigenvalue weighted by atomic mass is 16.4. The molecule has 5 nitrogen and oxygen atoms in total. The number of carboxylic acid groups (broad SMARTS) is 1. The Balaban J connectivity index is 1.70. The quantitative estimate of drug-likeness (QED) is 0.905. The van der Waals surface area contributed by atoms with Gasteiger partial charge in [0, 0.05) is 30.9 Å². The summed E-state index contributed by atoms with van der Waals surface area (Å²) in [6, 6.07) is 3.83. The standard InChI is InChI=1S/C17H22N2O3/c1-2-17(16(21)22)11-13-4-5-14(17)19(13)15(20)6-3-12-7-9-18-10-8-12/h7-10,13-14H,2-6,11H2,1H3,(H,21,22)/t13-,14+,17+/m0/s1. The predicted molar refractivity (Wildman–Crippen MR) is 81.2 cm³/mol. The summed E-state index contributed by atoms with van der Waals surface area (Å²) in [7, 11) is 0. The van der Waals surface area contributed by atoms with Gasteiger partial charge in [0.1, 0.15) is 0 Å². The summed E-state index contributed by atoms with van der Waals surface area (Å²) >= 11 is 0. The molecular weight excluding hydrogens is 280 g/mol. The van der Waals surface area contributed by atoms with E-state index in [-0.39, 0.29) is 18.0 Å². The minimum absolute atomic E-state index is 0.0980. The number of carboxylic acids is 1. The maximum atomic E-state index is 12.6. The van der Waals surface area contributed by atoms with Crippen LogP contribution in [0.25, 0.3) is 0 Å². The van der Waals surface area contributed by atoms with Crippen molar-refractivity contribution >= 4 is 11.9 Å². The number of nitrogens with zero attached hydrogens (tertiary/aromatic N) is 2. The highest BCUT2D eigenvalue weighted by Crippen LogP contribution is 2.52. The molecule has 1 aromatic rings. The van der Waals surface area contributed by atoms with E-state index in [0.29, 0.717) is 25.7 Å². The van der Waals surface area contributed by atoms with Crippen molar-refractivity contribution in [2.45, 2.75) is 57.5 Å². The third-order valence-corrected chi connectivity index (χ3v) is 5.46. The topological polar surface area (TPSA) is 70.5 Å². The van der Waals surface area contributed by atoms with E-state index in [1.807, 2.05) is 24.0 Å². The van der Waals surface area contributed by atoms with Gasteiger partial charge in [-0.05, 0) is 49.8 Å². The third-order valence-electron chi connectivity index (χ3n) is 5.46. The molecule has 3 heterocycles. The van der Waals surface area contributed by atoms with Crippen LogP contribution in [-0.2, 0) is 16.0 Å². The van der Waals surface area contributed by atoms with E-state index >= 15 is 0 Å². The number of carbonyl (C=O) groups excluding carboxylic acids is 1. The molecule has 118 valence electrons. The molecule has 0 aromatic carbocycles. The third kappa shape index (κ3) is 2.28. The van der Waals surface area contributed by atoms with Gasteiger partial charge in [0.25, 0.3) is 0 Å². The molecule has 3 rings (SSSR count). The predicted octanol–water partition coefficient (Wildman–Crippen LogP) is 2.26. The van der Waals surface area contributed by atoms with Gasteiger partial charge in [0.15, 0.2) is 0 Å². The zero-order valence-corrected chi connectivity index (χ0v) is 12.9. The zero-order chi connectivity index (χ0) is 15.7. The molecule has 1 aromatic heterocycles. The van der Waals surface area contributed by atoms with Crippen molar-refractivity contribution in [1.29, 1.82) is 0 Å². The molecule has 0 radical (unpaired) electrons. The van der Waals surface area contributed by atoms with Crippen LogP contribution in [0, 0.1) is 5.41 Å². The van der Waals surface area contributed by atoms with Crippen LogP contribution in [0.4, 0.5) is 0 Å². The number of aliphatic carboxylic acids is 1. The van der Waals surface area contributed by atoms with E-state index in [4.69, 9.17) is 0 Å². The second-order valence-electron chi connectivity index (χ2n) is 6.42. The molecule has 5 heteroatoms. The first-order chi connectivity index (χ1) is 10.6. The van der Waals surface area contributed by atoms with Crippen LogP contribution in [-0.4, -0.2) is 39.0 Å². The van der Waals surface area contributed by atoms with Crippen molar-refractivity contribution in [3.8, 4) is 0 Å². The molecule has 2 bridgehead atoms. The number of carbonyl (C=O) groups is 2. The van der Waals surface area contributed by atoms with Gasteiger partial charge in [-0.2, -0.15) is 0 Å². The van der Waals surface area contributed by atoms with Crippen LogP contribution in [0.2, 0.25) is 0 Å². The molecule has 2 fully saturated rings. The van der Waals surface area contributed by atoms with Gasteiger partial charge in [0.05, 0.1) is 5.41 Å². The number of aryl methyl sites for hydroxylation is 1. The first-order valence-electron chi connectivity index (χ1n) is 8.02. The molecule has 1 amide bonds. The van der Waals surface area contributed by atoms with Crippen molar-refractivity contribution in [2.75, 3.05) is 0 Å². The van der Waals surface area contributed by atoms with Crippen molar-refractivity contribution in [3.05, 3.63) is 30.1 Å². The number of aromatic nitrogens is 1. The smallest absolute Gasteiger partial charge is 0.311 e. The molecule has 3 atom stereocenters. The lowest BCUT2D eigenvalue weighted by molar-refractivity contribution is -0.151. The van der Waals surface area contributed by atoms with Crippen LogP contribution < -0.4 is 0 Å². The highest BCUT2D eigenvalue weighted by molar-refractivity contribution is 5.82. The Labute approximate surface area is 130 Å². The fraction of sp³-hybridized carbons (Fsp3) is 0.588. The number of rotatable bonds is 5. The molecule has 2 aliphatic heterocycles. The fourth-order valence-corrected chi connectivity index (χ4v) is 4.25. The Kier molecular flexibility index (Phi) is 3.89. The molecular formula is C17H22N2O3. The van der Waals surface area contributed by atoms with Crippen LogP contribution in [0.3, 0.4) is 0 Å². The van der Waals surface area contributed by atoms with E-state index in [1.54, 1.807) is 12.4 Å². The summed E-state index contributed by atoms with van der Waals surface area (Å²) in [5.41, 5.74) is 0.366. The van der Waals surface area contributed by atoms with Gasteiger partial charge in [-0.1, -0.05) is 6.92 Å². The lowest BCUT2D eigenvalue weighted by atomic mass is 9.72. The fourth-order valence-electron chi connectivity index (χ4n) is 4.25. The Bertz CT molecular complexity index is 575. The summed E-state index contributed by atoms with van der Waals surface area (Å²) in [5.74, 6) is -0.643. The summed E-state index contributed by atoms with van der Waals surface area (Å²) in [6.07, 6.45) is 7.56. The molecule has 2 aliphatic rings. The second-order valence-corrected chi connectivity index (χ2v) is 6.42. The van der Waals surface area contributed by atoms with E-state index < -0.39 is 11.4 Å². The normalized spacial score (nSPS) is 29.8. The first-order valence-corrected chi connectivity index (χ1v) is 8.02. The number of fused-ring (bicyclic) bond motifs is 2. The van der Waals surface area contributed by atoms with E-state index in [0.717, 1.165) is 18.4 Å². The second kappa shape index (κ2) is 5.71. The van der Waals surface area contributed by atoms with E-state index in [9.17, 15) is 14.7 Å². The first kappa shape index (κ1) is 15.0. The highest BCUT2D eigenvalue weighted by Gasteiger charge is 2.60. The summed E-state index contributed by atoms with van der Waals surface area (Å²) in [4.78, 5) is 30.2. The molecule has 0 aliphatic carbocycles. The SMILES string of the molecule is CC[C@@]1(C(=O)O)C[C@@H]2CC[C@H]1N2C(=O)CCc1ccncc1. The van der Waals surface area contributed by atoms with E-state index in [2.05, 4.69) is 4.98 Å². The minimum Gasteiger partial charge on any atom is -0.481 e. The number of hydrogen-bond acceptors (Lipinski definition) is 3. The van der Waals surface area contributed by atoms with Gasteiger partial charge < -0.3 is 10.0 Å². The monoisotopic (exact) mass is 302 g/mol. The maximum absolute atomic E-state index is 12.6. The number of pyridine rings is 1. The molecule has 22 heavy (non-hydrogen) atoms. The lowest BCUT2D eigenvalue weighted by Gasteiger charge is -2.32. The van der Waals surface area contributed by atoms with Gasteiger partial charge in [-0.25, -0.2) is 0 Å². The van der Waals surface area contributed by atoms with Crippen molar-refractivity contribution < 1.29 is 14.7 Å². The summed E-state index contributed by atoms with van der Waals surface area (Å²) < 4.78 is 0. The Hall–Kier alpha value is -1.91. The molecule has 0 unspecified atom stereocenters. The minimum atomic E-state index is -0.742. The van der Waals surface area contributed by atoms with Crippen LogP contribution in [0.15, 0.2) is 24.5 Å². The molecule has 1 N–H and O–H groups in total. The van der Waals surface area contributed by atoms with Crippen molar-refractivity contribution in [2.24, 2.45) is 5.41 Å². The van der Waals surface area contributed by atoms with E-state index in [1.165, 1.54) is 0 Å². The van der Waals surface area contributed by atoms with Crippen molar-refractivity contribution in [3.63, 3.8) is 0 Å². The number of amides is 1. The average molecular weight is 302 g/mol. The largest absolute Gasteiger partial charge is 0.481 e. The average Bonchev–Trinajstić information content (AvgIpc) is 3.09. The Morgan fingerprint density at radius 1 is 1.36 bits per heavy atom. The Morgan fingerprint density at radius 2 is 2.09 bits per heavy atom. The van der Waals surface area contributed by atoms with Crippen molar-refractivity contribution in [1.82, 2.24) is 9.88 Å². The zero-order valence-electron chi connectivity index (χ0n) is 12.9. The Morgan fingerprint density at radius 3 is 2.68 bits per heavy atom. The van der Waals surface area contributed by atoms with Gasteiger partial charge in [-0.15, -0.1) is 0 Å². The maximum Gasteiger partial charge on any atom is 0.311 e. The summed E-state index contributed by atoms with van der Waals surface area (Å²) in [6.45, 7) is 1.93. The van der Waals surface area contributed by atoms with Crippen LogP contribution in [0.1, 0.15) is 44.6 Å². The van der Waals surface area contributed by atoms with Gasteiger partial charge in [0.2, 0.25) is 5.91 Å². The molecule has 0 saturated carbocycles. The molecule has 2 saturated heterocycles. The van der Waals surface area contributed by atoms with Crippen LogP contribution >= 0.6 is 0 Å². The number of hydrogen-bond donors (Lipinski definition) is 1. The van der Waals surface area contributed by atoms with Crippen LogP contribution in [0.5, 0.6) is 0 Å². The molecule has 0 spiro atoms.